The van der Waals surface area contributed by atoms with Gasteiger partial charge in [-0.25, -0.2) is 4.79 Å². The van der Waals surface area contributed by atoms with E-state index in [4.69, 9.17) is 0 Å². The first-order valence-corrected chi connectivity index (χ1v) is 9.66. The van der Waals surface area contributed by atoms with Gasteiger partial charge in [0.25, 0.3) is 5.91 Å². The van der Waals surface area contributed by atoms with Gasteiger partial charge in [0, 0.05) is 38.6 Å². The minimum Gasteiger partial charge on any atom is -0.343 e. The molecule has 0 atom stereocenters. The third-order valence-electron chi connectivity index (χ3n) is 6.00. The van der Waals surface area contributed by atoms with Crippen molar-refractivity contribution in [2.75, 3.05) is 32.7 Å². The highest BCUT2D eigenvalue weighted by Crippen LogP contribution is 2.32. The molecule has 0 aromatic carbocycles. The molecule has 3 aliphatic rings. The van der Waals surface area contributed by atoms with Crippen molar-refractivity contribution >= 4 is 17.8 Å². The van der Waals surface area contributed by atoms with Gasteiger partial charge in [-0.15, -0.1) is 0 Å². The van der Waals surface area contributed by atoms with Gasteiger partial charge in [0.05, 0.1) is 0 Å². The number of likely N-dealkylation sites (tertiary alicyclic amines) is 2. The van der Waals surface area contributed by atoms with E-state index in [1.165, 1.54) is 4.90 Å². The zero-order valence-corrected chi connectivity index (χ0v) is 15.4. The zero-order chi connectivity index (χ0) is 18.0. The largest absolute Gasteiger partial charge is 0.343 e. The summed E-state index contributed by atoms with van der Waals surface area (Å²) in [6, 6.07) is -0.324. The van der Waals surface area contributed by atoms with Crippen LogP contribution in [-0.4, -0.2) is 76.8 Å². The van der Waals surface area contributed by atoms with E-state index < -0.39 is 5.54 Å². The molecule has 3 saturated heterocycles. The lowest BCUT2D eigenvalue weighted by Crippen LogP contribution is -2.55. The molecule has 140 valence electrons. The molecular weight excluding hydrogens is 320 g/mol. The monoisotopic (exact) mass is 350 g/mol. The van der Waals surface area contributed by atoms with Gasteiger partial charge in [-0.3, -0.25) is 14.5 Å². The number of rotatable bonds is 4. The van der Waals surface area contributed by atoms with Gasteiger partial charge < -0.3 is 15.1 Å². The number of imide groups is 1. The molecule has 0 aromatic heterocycles. The predicted molar refractivity (Wildman–Crippen MR) is 94.0 cm³/mol. The third kappa shape index (κ3) is 3.38. The fourth-order valence-electron chi connectivity index (χ4n) is 4.31. The van der Waals surface area contributed by atoms with Crippen LogP contribution >= 0.6 is 0 Å². The summed E-state index contributed by atoms with van der Waals surface area (Å²) >= 11 is 0. The predicted octanol–water partition coefficient (Wildman–Crippen LogP) is 1.18. The first kappa shape index (κ1) is 18.2. The quantitative estimate of drug-likeness (QED) is 0.773. The number of piperidine rings is 2. The molecule has 3 heterocycles. The van der Waals surface area contributed by atoms with E-state index in [0.717, 1.165) is 26.1 Å². The summed E-state index contributed by atoms with van der Waals surface area (Å²) in [4.78, 5) is 43.2. The van der Waals surface area contributed by atoms with E-state index in [-0.39, 0.29) is 23.9 Å². The van der Waals surface area contributed by atoms with Crippen molar-refractivity contribution < 1.29 is 14.4 Å². The number of carbonyl (C=O) groups excluding carboxylic acids is 3. The summed E-state index contributed by atoms with van der Waals surface area (Å²) in [6.07, 6.45) is 4.18. The Balaban J connectivity index is 1.61. The molecule has 7 heteroatoms. The molecule has 3 aliphatic heterocycles. The number of carbonyl (C=O) groups is 3. The van der Waals surface area contributed by atoms with E-state index in [2.05, 4.69) is 17.1 Å². The molecule has 0 unspecified atom stereocenters. The Hall–Kier alpha value is -1.63. The van der Waals surface area contributed by atoms with Crippen molar-refractivity contribution in [3.63, 3.8) is 0 Å². The van der Waals surface area contributed by atoms with Crippen molar-refractivity contribution in [3.8, 4) is 0 Å². The van der Waals surface area contributed by atoms with Gasteiger partial charge in [-0.2, -0.15) is 0 Å². The molecule has 3 rings (SSSR count). The Labute approximate surface area is 149 Å². The second-order valence-electron chi connectivity index (χ2n) is 7.48. The maximum atomic E-state index is 13.0. The molecule has 0 bridgehead atoms. The smallest absolute Gasteiger partial charge is 0.325 e. The lowest BCUT2D eigenvalue weighted by atomic mass is 9.87. The van der Waals surface area contributed by atoms with Gasteiger partial charge in [-0.05, 0) is 38.6 Å². The fraction of sp³-hybridized carbons (Fsp3) is 0.833. The molecular formula is C18H30N4O3. The molecule has 0 aliphatic carbocycles. The van der Waals surface area contributed by atoms with Crippen LogP contribution in [0.25, 0.3) is 0 Å². The van der Waals surface area contributed by atoms with Crippen LogP contribution in [0.1, 0.15) is 52.4 Å². The molecule has 4 amide bonds. The van der Waals surface area contributed by atoms with Gasteiger partial charge in [-0.1, -0.05) is 13.8 Å². The molecule has 1 spiro atoms. The minimum absolute atomic E-state index is 0.0495. The van der Waals surface area contributed by atoms with Crippen molar-refractivity contribution in [2.24, 2.45) is 0 Å². The van der Waals surface area contributed by atoms with Crippen LogP contribution in [0, 0.1) is 0 Å². The number of nitrogens with one attached hydrogen (secondary N) is 1. The van der Waals surface area contributed by atoms with E-state index in [0.29, 0.717) is 45.2 Å². The van der Waals surface area contributed by atoms with Gasteiger partial charge in [0.1, 0.15) is 5.54 Å². The van der Waals surface area contributed by atoms with E-state index in [1.807, 2.05) is 11.8 Å². The number of hydrogen-bond donors (Lipinski definition) is 1. The Morgan fingerprint density at radius 2 is 1.76 bits per heavy atom. The summed E-state index contributed by atoms with van der Waals surface area (Å²) in [5.41, 5.74) is -0.697. The maximum Gasteiger partial charge on any atom is 0.325 e. The number of nitrogens with zero attached hydrogens (tertiary/aromatic N) is 3. The number of urea groups is 1. The van der Waals surface area contributed by atoms with Gasteiger partial charge in [0.2, 0.25) is 5.91 Å². The minimum atomic E-state index is -0.697. The highest BCUT2D eigenvalue weighted by Gasteiger charge is 2.54. The van der Waals surface area contributed by atoms with Crippen molar-refractivity contribution in [3.05, 3.63) is 0 Å². The summed E-state index contributed by atoms with van der Waals surface area (Å²) in [6.45, 7) is 8.06. The average Bonchev–Trinajstić information content (AvgIpc) is 2.86. The van der Waals surface area contributed by atoms with Crippen LogP contribution < -0.4 is 5.32 Å². The lowest BCUT2D eigenvalue weighted by molar-refractivity contribution is -0.136. The Kier molecular flexibility index (Phi) is 5.32. The van der Waals surface area contributed by atoms with Gasteiger partial charge in [0.15, 0.2) is 0 Å². The Morgan fingerprint density at radius 1 is 1.12 bits per heavy atom. The second kappa shape index (κ2) is 7.32. The normalized spacial score (nSPS) is 24.9. The number of amides is 4. The first-order chi connectivity index (χ1) is 12.0. The Morgan fingerprint density at radius 3 is 2.32 bits per heavy atom. The molecule has 0 saturated carbocycles. The zero-order valence-electron chi connectivity index (χ0n) is 15.4. The SMILES string of the molecule is CCCC(=O)N1CCC(N2C(=O)NC3(CCN(CC)CC3)C2=O)CC1. The second-order valence-corrected chi connectivity index (χ2v) is 7.48. The molecule has 0 aromatic rings. The summed E-state index contributed by atoms with van der Waals surface area (Å²) in [7, 11) is 0. The summed E-state index contributed by atoms with van der Waals surface area (Å²) in [5.74, 6) is 0.133. The van der Waals surface area contributed by atoms with Crippen molar-refractivity contribution in [1.29, 1.82) is 0 Å². The average molecular weight is 350 g/mol. The van der Waals surface area contributed by atoms with Crippen LogP contribution in [0.5, 0.6) is 0 Å². The molecule has 7 nitrogen and oxygen atoms in total. The van der Waals surface area contributed by atoms with Crippen molar-refractivity contribution in [2.45, 2.75) is 64.0 Å². The molecule has 25 heavy (non-hydrogen) atoms. The highest BCUT2D eigenvalue weighted by molar-refractivity contribution is 6.07. The van der Waals surface area contributed by atoms with Crippen molar-refractivity contribution in [1.82, 2.24) is 20.0 Å². The first-order valence-electron chi connectivity index (χ1n) is 9.66. The fourth-order valence-corrected chi connectivity index (χ4v) is 4.31. The summed E-state index contributed by atoms with van der Waals surface area (Å²) < 4.78 is 0. The molecule has 3 fully saturated rings. The standard InChI is InChI=1S/C18H30N4O3/c1-3-5-15(23)21-10-6-14(7-11-21)22-16(24)18(19-17(22)25)8-12-20(4-2)13-9-18/h14H,3-13H2,1-2H3,(H,19,25). The van der Waals surface area contributed by atoms with Crippen LogP contribution in [-0.2, 0) is 9.59 Å². The molecule has 0 radical (unpaired) electrons. The van der Waals surface area contributed by atoms with E-state index in [1.54, 1.807) is 0 Å². The van der Waals surface area contributed by atoms with E-state index >= 15 is 0 Å². The number of hydrogen-bond acceptors (Lipinski definition) is 4. The van der Waals surface area contributed by atoms with Crippen LogP contribution in [0.15, 0.2) is 0 Å². The van der Waals surface area contributed by atoms with E-state index in [9.17, 15) is 14.4 Å². The van der Waals surface area contributed by atoms with Crippen LogP contribution in [0.2, 0.25) is 0 Å². The lowest BCUT2D eigenvalue weighted by Gasteiger charge is -2.38. The Bertz CT molecular complexity index is 534. The van der Waals surface area contributed by atoms with Crippen LogP contribution in [0.3, 0.4) is 0 Å². The maximum absolute atomic E-state index is 13.0. The van der Waals surface area contributed by atoms with Crippen LogP contribution in [0.4, 0.5) is 4.79 Å². The third-order valence-corrected chi connectivity index (χ3v) is 6.00. The molecule has 1 N–H and O–H groups in total. The topological polar surface area (TPSA) is 73.0 Å². The van der Waals surface area contributed by atoms with Gasteiger partial charge >= 0.3 is 6.03 Å². The summed E-state index contributed by atoms with van der Waals surface area (Å²) in [5, 5.41) is 3.00. The highest BCUT2D eigenvalue weighted by atomic mass is 16.2.